The van der Waals surface area contributed by atoms with Crippen molar-refractivity contribution in [1.82, 2.24) is 0 Å². The molecule has 2 aromatic carbocycles. The average Bonchev–Trinajstić information content (AvgIpc) is 2.65. The Bertz CT molecular complexity index is 714. The minimum Gasteiger partial charge on any atom is -0.363 e. The zero-order valence-electron chi connectivity index (χ0n) is 18.4. The molecule has 28 heavy (non-hydrogen) atoms. The number of hydrogen-bond acceptors (Lipinski definition) is 2. The van der Waals surface area contributed by atoms with Gasteiger partial charge in [0.25, 0.3) is 0 Å². The van der Waals surface area contributed by atoms with Crippen LogP contribution in [-0.2, 0) is 9.30 Å². The van der Waals surface area contributed by atoms with Crippen LogP contribution in [0.25, 0.3) is 0 Å². The predicted molar refractivity (Wildman–Crippen MR) is 120 cm³/mol. The van der Waals surface area contributed by atoms with Gasteiger partial charge in [0.1, 0.15) is 0 Å². The van der Waals surface area contributed by atoms with E-state index in [1.165, 1.54) is 0 Å². The van der Waals surface area contributed by atoms with Gasteiger partial charge in [0.2, 0.25) is 0 Å². The van der Waals surface area contributed by atoms with Gasteiger partial charge in [-0.3, -0.25) is 0 Å². The molecule has 0 aliphatic rings. The Morgan fingerprint density at radius 2 is 1.39 bits per heavy atom. The second kappa shape index (κ2) is 10.5. The van der Waals surface area contributed by atoms with Crippen LogP contribution in [0.2, 0.25) is 18.1 Å². The summed E-state index contributed by atoms with van der Waals surface area (Å²) >= 11 is 0. The maximum absolute atomic E-state index is 14.5. The molecule has 0 aromatic heterocycles. The first-order valence-electron chi connectivity index (χ1n) is 9.54. The molecule has 0 amide bonds. The van der Waals surface area contributed by atoms with E-state index in [1.54, 1.807) is 0 Å². The number of benzene rings is 2. The van der Waals surface area contributed by atoms with Gasteiger partial charge in [-0.1, -0.05) is 94.5 Å². The molecule has 5 heteroatoms. The zero-order valence-corrected chi connectivity index (χ0v) is 20.3. The van der Waals surface area contributed by atoms with E-state index in [1.807, 2.05) is 74.0 Å². The summed E-state index contributed by atoms with van der Waals surface area (Å²) in [4.78, 5) is 0. The molecular weight excluding hydrogens is 374 g/mol. The van der Waals surface area contributed by atoms with Crippen LogP contribution < -0.4 is 29.5 Å². The summed E-state index contributed by atoms with van der Waals surface area (Å²) in [5.41, 5.74) is 0. The first kappa shape index (κ1) is 25.5. The first-order valence-corrected chi connectivity index (χ1v) is 14.3. The number of ether oxygens (including phenoxy) is 1. The van der Waals surface area contributed by atoms with Gasteiger partial charge < -0.3 is 9.30 Å². The van der Waals surface area contributed by atoms with Gasteiger partial charge in [-0.25, -0.2) is 0 Å². The summed E-state index contributed by atoms with van der Waals surface area (Å²) in [6.07, 6.45) is 2.00. The molecule has 2 nitrogen and oxygen atoms in total. The van der Waals surface area contributed by atoms with E-state index in [0.717, 1.165) is 10.6 Å². The molecule has 0 spiro atoms. The third-order valence-electron chi connectivity index (χ3n) is 5.42. The van der Waals surface area contributed by atoms with Crippen molar-refractivity contribution in [3.63, 3.8) is 0 Å². The van der Waals surface area contributed by atoms with E-state index in [0.29, 0.717) is 12.5 Å². The molecule has 3 radical (unpaired) electrons. The molecule has 0 fully saturated rings. The van der Waals surface area contributed by atoms with Crippen LogP contribution in [0.4, 0.5) is 0 Å². The topological polar surface area (TPSA) is 26.3 Å². The monoisotopic (exact) mass is 406 g/mol. The van der Waals surface area contributed by atoms with Gasteiger partial charge in [0.05, 0.1) is 8.07 Å². The zero-order chi connectivity index (χ0) is 20.1. The molecule has 0 unspecified atom stereocenters. The van der Waals surface area contributed by atoms with Crippen molar-refractivity contribution in [2.75, 3.05) is 6.61 Å². The molecule has 0 saturated heterocycles. The molecule has 0 N–H and O–H groups in total. The maximum atomic E-state index is 14.5. The van der Waals surface area contributed by atoms with Gasteiger partial charge in [-0.15, -0.1) is 0 Å². The Morgan fingerprint density at radius 3 is 1.75 bits per heavy atom. The van der Waals surface area contributed by atoms with E-state index in [4.69, 9.17) is 4.74 Å². The van der Waals surface area contributed by atoms with Gasteiger partial charge in [-0.2, -0.15) is 0 Å². The Kier molecular flexibility index (Phi) is 9.52. The Hall–Kier alpha value is -0.556. The molecule has 0 aliphatic carbocycles. The predicted octanol–water partition coefficient (Wildman–Crippen LogP) is 2.99. The normalized spacial score (nSPS) is 12.7. The summed E-state index contributed by atoms with van der Waals surface area (Å²) in [5.74, 6) is 0.576. The van der Waals surface area contributed by atoms with Crippen LogP contribution in [0.5, 0.6) is 0 Å². The van der Waals surface area contributed by atoms with Crippen molar-refractivity contribution in [2.45, 2.75) is 45.8 Å². The van der Waals surface area contributed by atoms with Crippen molar-refractivity contribution in [2.24, 2.45) is 0 Å². The molecule has 2 aromatic rings. The van der Waals surface area contributed by atoms with Crippen LogP contribution in [0.15, 0.2) is 60.7 Å². The number of hydrogen-bond donors (Lipinski definition) is 0. The van der Waals surface area contributed by atoms with Gasteiger partial charge >= 0.3 is 18.9 Å². The fraction of sp³-hybridized carbons (Fsp3) is 0.348. The minimum atomic E-state index is -3.06. The van der Waals surface area contributed by atoms with Crippen LogP contribution in [0, 0.1) is 18.3 Å². The maximum Gasteiger partial charge on any atom is 1.00 e. The van der Waals surface area contributed by atoms with Crippen molar-refractivity contribution >= 4 is 25.8 Å². The van der Waals surface area contributed by atoms with Gasteiger partial charge in [-0.05, 0) is 18.0 Å². The molecule has 2 rings (SSSR count). The van der Waals surface area contributed by atoms with Crippen LogP contribution in [-0.4, -0.2) is 14.7 Å². The van der Waals surface area contributed by atoms with E-state index >= 15 is 0 Å². The summed E-state index contributed by atoms with van der Waals surface area (Å²) in [6.45, 7) is 13.9. The van der Waals surface area contributed by atoms with E-state index in [9.17, 15) is 4.57 Å². The summed E-state index contributed by atoms with van der Waals surface area (Å²) in [7, 11) is -4.74. The van der Waals surface area contributed by atoms with E-state index < -0.39 is 15.2 Å². The molecule has 0 bridgehead atoms. The third kappa shape index (κ3) is 5.74. The SMILES string of the molecule is CCO[C]([CH][CH][Si](C)(C)C(C)(C)C)P(=O)(c1ccccc1)c1ccccc1.[Li+]. The molecule has 0 atom stereocenters. The Labute approximate surface area is 185 Å². The minimum absolute atomic E-state index is 0. The van der Waals surface area contributed by atoms with Crippen molar-refractivity contribution in [1.29, 1.82) is 0 Å². The van der Waals surface area contributed by atoms with Crippen molar-refractivity contribution < 1.29 is 28.2 Å². The fourth-order valence-electron chi connectivity index (χ4n) is 2.60. The van der Waals surface area contributed by atoms with E-state index in [-0.39, 0.29) is 23.9 Å². The van der Waals surface area contributed by atoms with Crippen molar-refractivity contribution in [3.8, 4) is 0 Å². The quantitative estimate of drug-likeness (QED) is 0.498. The first-order chi connectivity index (χ1) is 12.6. The molecular formula is C23H32LiO2PSi+. The smallest absolute Gasteiger partial charge is 0.363 e. The van der Waals surface area contributed by atoms with Gasteiger partial charge in [0, 0.05) is 23.6 Å². The molecule has 0 aliphatic heterocycles. The van der Waals surface area contributed by atoms with E-state index in [2.05, 4.69) is 39.9 Å². The second-order valence-corrected chi connectivity index (χ2v) is 16.3. The largest absolute Gasteiger partial charge is 1.00 e. The molecule has 0 heterocycles. The molecule has 145 valence electrons. The Balaban J connectivity index is 0.00000392. The average molecular weight is 407 g/mol. The fourth-order valence-corrected chi connectivity index (χ4v) is 6.40. The van der Waals surface area contributed by atoms with Crippen LogP contribution >= 0.6 is 7.14 Å². The third-order valence-corrected chi connectivity index (χ3v) is 13.2. The standard InChI is InChI=1S/C23H32O2PSi.Li/c1-7-25-22(18-19-27(5,6)23(2,3)4)26(24,20-14-10-8-11-15-20)21-16-12-9-13-17-21;/h8-19H,7H2,1-6H3;/q;+1. The summed E-state index contributed by atoms with van der Waals surface area (Å²) < 4.78 is 20.5. The Morgan fingerprint density at radius 1 is 0.964 bits per heavy atom. The van der Waals surface area contributed by atoms with Gasteiger partial charge in [0.15, 0.2) is 13.0 Å². The molecule has 0 saturated carbocycles. The van der Waals surface area contributed by atoms with Crippen LogP contribution in [0.3, 0.4) is 0 Å². The van der Waals surface area contributed by atoms with Crippen LogP contribution in [0.1, 0.15) is 27.7 Å². The van der Waals surface area contributed by atoms with Crippen molar-refractivity contribution in [3.05, 3.63) is 79.0 Å². The number of rotatable bonds is 8. The second-order valence-electron chi connectivity index (χ2n) is 8.36. The summed E-state index contributed by atoms with van der Waals surface area (Å²) in [5, 5.41) is 1.82. The summed E-state index contributed by atoms with van der Waals surface area (Å²) in [6, 6.07) is 21.7.